The number of aryl methyl sites for hydroxylation is 2. The van der Waals surface area contributed by atoms with Crippen molar-refractivity contribution in [1.82, 2.24) is 14.9 Å². The van der Waals surface area contributed by atoms with E-state index < -0.39 is 22.2 Å². The molecule has 1 saturated carbocycles. The molecule has 0 bridgehead atoms. The zero-order valence-electron chi connectivity index (χ0n) is 14.3. The van der Waals surface area contributed by atoms with Gasteiger partial charge in [0.1, 0.15) is 16.3 Å². The van der Waals surface area contributed by atoms with E-state index in [1.165, 1.54) is 7.11 Å². The van der Waals surface area contributed by atoms with E-state index in [1.54, 1.807) is 32.3 Å². The van der Waals surface area contributed by atoms with Crippen LogP contribution in [0.2, 0.25) is 0 Å². The van der Waals surface area contributed by atoms with Crippen molar-refractivity contribution < 1.29 is 22.8 Å². The number of aliphatic hydroxyl groups is 1. The van der Waals surface area contributed by atoms with E-state index in [0.29, 0.717) is 29.8 Å². The van der Waals surface area contributed by atoms with Gasteiger partial charge < -0.3 is 14.4 Å². The van der Waals surface area contributed by atoms with Gasteiger partial charge in [0.15, 0.2) is 5.76 Å². The van der Waals surface area contributed by atoms with Crippen LogP contribution in [-0.4, -0.2) is 36.9 Å². The topological polar surface area (TPSA) is 115 Å². The Hall–Kier alpha value is -1.97. The summed E-state index contributed by atoms with van der Waals surface area (Å²) in [5, 5.41) is 13.4. The highest BCUT2D eigenvalue weighted by Gasteiger charge is 2.38. The van der Waals surface area contributed by atoms with Gasteiger partial charge in [-0.2, -0.15) is 0 Å². The summed E-state index contributed by atoms with van der Waals surface area (Å²) >= 11 is 0. The number of nitrogens with zero attached hydrogens (tertiary/aromatic N) is 2. The zero-order chi connectivity index (χ0) is 18.2. The van der Waals surface area contributed by atoms with Crippen molar-refractivity contribution in [2.24, 2.45) is 5.92 Å². The molecular weight excluding hydrogens is 346 g/mol. The molecule has 1 fully saturated rings. The van der Waals surface area contributed by atoms with Crippen molar-refractivity contribution >= 4 is 10.0 Å². The summed E-state index contributed by atoms with van der Waals surface area (Å²) in [4.78, 5) is 4.16. The van der Waals surface area contributed by atoms with Gasteiger partial charge in [-0.05, 0) is 44.2 Å². The molecule has 0 aromatic carbocycles. The minimum atomic E-state index is -3.84. The third-order valence-corrected chi connectivity index (χ3v) is 6.15. The maximum Gasteiger partial charge on any atom is 0.246 e. The second kappa shape index (κ2) is 6.74. The SMILES string of the molecule is COc1cncc([C@@H](NS(=O)(=O)c2c(C)noc2C)C2CC(O)C2)c1. The van der Waals surface area contributed by atoms with Crippen LogP contribution in [0.1, 0.15) is 35.9 Å². The average molecular weight is 367 g/mol. The number of pyridine rings is 1. The van der Waals surface area contributed by atoms with Gasteiger partial charge in [0.25, 0.3) is 0 Å². The standard InChI is InChI=1S/C16H21N3O5S/c1-9-16(10(2)24-18-9)25(21,22)19-15(11-4-13(20)5-11)12-6-14(23-3)8-17-7-12/h6-8,11,13,15,19-20H,4-5H2,1-3H3/t11?,13?,15-/m0/s1. The summed E-state index contributed by atoms with van der Waals surface area (Å²) in [6.45, 7) is 3.14. The van der Waals surface area contributed by atoms with Crippen LogP contribution >= 0.6 is 0 Å². The van der Waals surface area contributed by atoms with Gasteiger partial charge in [-0.1, -0.05) is 5.16 Å². The first-order chi connectivity index (χ1) is 11.8. The number of nitrogens with one attached hydrogen (secondary N) is 1. The predicted molar refractivity (Wildman–Crippen MR) is 88.6 cm³/mol. The highest BCUT2D eigenvalue weighted by Crippen LogP contribution is 2.39. The normalized spacial score (nSPS) is 21.6. The van der Waals surface area contributed by atoms with Crippen LogP contribution in [0.3, 0.4) is 0 Å². The Labute approximate surface area is 146 Å². The van der Waals surface area contributed by atoms with Crippen molar-refractivity contribution in [2.45, 2.75) is 43.7 Å². The fourth-order valence-electron chi connectivity index (χ4n) is 3.14. The van der Waals surface area contributed by atoms with Crippen molar-refractivity contribution in [3.63, 3.8) is 0 Å². The van der Waals surface area contributed by atoms with Crippen molar-refractivity contribution in [2.75, 3.05) is 7.11 Å². The number of hydrogen-bond donors (Lipinski definition) is 2. The van der Waals surface area contributed by atoms with E-state index in [4.69, 9.17) is 9.26 Å². The monoisotopic (exact) mass is 367 g/mol. The molecule has 1 aliphatic carbocycles. The van der Waals surface area contributed by atoms with Gasteiger partial charge >= 0.3 is 0 Å². The van der Waals surface area contributed by atoms with Crippen LogP contribution in [0.5, 0.6) is 5.75 Å². The average Bonchev–Trinajstić information content (AvgIpc) is 2.89. The van der Waals surface area contributed by atoms with Crippen LogP contribution in [0.4, 0.5) is 0 Å². The number of aliphatic hydroxyl groups excluding tert-OH is 1. The van der Waals surface area contributed by atoms with E-state index in [9.17, 15) is 13.5 Å². The molecule has 2 aromatic heterocycles. The third kappa shape index (κ3) is 3.53. The number of methoxy groups -OCH3 is 1. The van der Waals surface area contributed by atoms with Gasteiger partial charge in [0, 0.05) is 6.20 Å². The van der Waals surface area contributed by atoms with E-state index in [-0.39, 0.29) is 16.6 Å². The molecule has 1 atom stereocenters. The largest absolute Gasteiger partial charge is 0.495 e. The molecule has 0 saturated heterocycles. The summed E-state index contributed by atoms with van der Waals surface area (Å²) in [5.41, 5.74) is 0.993. The van der Waals surface area contributed by atoms with E-state index in [1.807, 2.05) is 0 Å². The van der Waals surface area contributed by atoms with Gasteiger partial charge in [-0.3, -0.25) is 4.98 Å². The Bertz CT molecular complexity index is 839. The number of rotatable bonds is 6. The molecule has 2 heterocycles. The molecule has 0 amide bonds. The maximum atomic E-state index is 12.9. The maximum absolute atomic E-state index is 12.9. The zero-order valence-corrected chi connectivity index (χ0v) is 15.1. The molecule has 0 radical (unpaired) electrons. The molecule has 2 aromatic rings. The Balaban J connectivity index is 1.95. The molecule has 0 unspecified atom stereocenters. The lowest BCUT2D eigenvalue weighted by Gasteiger charge is -2.38. The molecule has 1 aliphatic rings. The molecule has 136 valence electrons. The quantitative estimate of drug-likeness (QED) is 0.795. The molecule has 25 heavy (non-hydrogen) atoms. The number of ether oxygens (including phenoxy) is 1. The Morgan fingerprint density at radius 3 is 2.64 bits per heavy atom. The van der Waals surface area contributed by atoms with Crippen molar-refractivity contribution in [3.8, 4) is 5.75 Å². The summed E-state index contributed by atoms with van der Waals surface area (Å²) in [5.74, 6) is 0.749. The van der Waals surface area contributed by atoms with Gasteiger partial charge in [0.2, 0.25) is 10.0 Å². The number of sulfonamides is 1. The van der Waals surface area contributed by atoms with E-state index >= 15 is 0 Å². The Morgan fingerprint density at radius 2 is 2.08 bits per heavy atom. The lowest BCUT2D eigenvalue weighted by molar-refractivity contribution is 0.0279. The third-order valence-electron chi connectivity index (χ3n) is 4.47. The van der Waals surface area contributed by atoms with Gasteiger partial charge in [0.05, 0.1) is 25.5 Å². The Kier molecular flexibility index (Phi) is 4.81. The highest BCUT2D eigenvalue weighted by atomic mass is 32.2. The van der Waals surface area contributed by atoms with Crippen LogP contribution in [0.15, 0.2) is 27.9 Å². The van der Waals surface area contributed by atoms with Crippen LogP contribution in [-0.2, 0) is 10.0 Å². The first-order valence-corrected chi connectivity index (χ1v) is 9.42. The minimum absolute atomic E-state index is 0.0286. The van der Waals surface area contributed by atoms with E-state index in [2.05, 4.69) is 14.9 Å². The number of aromatic nitrogens is 2. The minimum Gasteiger partial charge on any atom is -0.495 e. The molecule has 0 spiro atoms. The lowest BCUT2D eigenvalue weighted by atomic mass is 9.76. The number of hydrogen-bond acceptors (Lipinski definition) is 7. The van der Waals surface area contributed by atoms with Gasteiger partial charge in [-0.15, -0.1) is 0 Å². The lowest BCUT2D eigenvalue weighted by Crippen LogP contribution is -2.41. The van der Waals surface area contributed by atoms with Crippen LogP contribution < -0.4 is 9.46 Å². The second-order valence-electron chi connectivity index (χ2n) is 6.30. The highest BCUT2D eigenvalue weighted by molar-refractivity contribution is 7.89. The predicted octanol–water partition coefficient (Wildman–Crippen LogP) is 1.49. The molecule has 9 heteroatoms. The second-order valence-corrected chi connectivity index (χ2v) is 7.95. The van der Waals surface area contributed by atoms with Crippen molar-refractivity contribution in [3.05, 3.63) is 35.5 Å². The van der Waals surface area contributed by atoms with Crippen LogP contribution in [0, 0.1) is 19.8 Å². The first-order valence-electron chi connectivity index (χ1n) is 7.94. The van der Waals surface area contributed by atoms with Gasteiger partial charge in [-0.25, -0.2) is 13.1 Å². The van der Waals surface area contributed by atoms with Crippen molar-refractivity contribution in [1.29, 1.82) is 0 Å². The Morgan fingerprint density at radius 1 is 1.36 bits per heavy atom. The summed E-state index contributed by atoms with van der Waals surface area (Å²) in [7, 11) is -2.32. The molecule has 3 rings (SSSR count). The van der Waals surface area contributed by atoms with E-state index in [0.717, 1.165) is 0 Å². The molecule has 0 aliphatic heterocycles. The molecule has 2 N–H and O–H groups in total. The smallest absolute Gasteiger partial charge is 0.246 e. The fraction of sp³-hybridized carbons (Fsp3) is 0.500. The molecule has 8 nitrogen and oxygen atoms in total. The molecular formula is C16H21N3O5S. The summed E-state index contributed by atoms with van der Waals surface area (Å²) in [6.07, 6.45) is 3.79. The summed E-state index contributed by atoms with van der Waals surface area (Å²) < 4.78 is 38.6. The van der Waals surface area contributed by atoms with Crippen LogP contribution in [0.25, 0.3) is 0 Å². The fourth-order valence-corrected chi connectivity index (χ4v) is 4.76. The first kappa shape index (κ1) is 17.8. The summed E-state index contributed by atoms with van der Waals surface area (Å²) in [6, 6.07) is 1.22.